The zero-order valence-corrected chi connectivity index (χ0v) is 17.2. The molecule has 0 radical (unpaired) electrons. The highest BCUT2D eigenvalue weighted by molar-refractivity contribution is 7.92. The first-order chi connectivity index (χ1) is 13.3. The number of hydrogen-bond donors (Lipinski definition) is 1. The molecular weight excluding hydrogens is 433 g/mol. The Morgan fingerprint density at radius 1 is 1.21 bits per heavy atom. The minimum Gasteiger partial charge on any atom is -0.495 e. The van der Waals surface area contributed by atoms with Crippen molar-refractivity contribution in [3.05, 3.63) is 52.5 Å². The van der Waals surface area contributed by atoms with Gasteiger partial charge in [0.2, 0.25) is 15.9 Å². The predicted molar refractivity (Wildman–Crippen MR) is 105 cm³/mol. The van der Waals surface area contributed by atoms with Gasteiger partial charge >= 0.3 is 6.18 Å². The van der Waals surface area contributed by atoms with E-state index in [0.717, 1.165) is 22.2 Å². The Morgan fingerprint density at radius 3 is 2.41 bits per heavy atom. The van der Waals surface area contributed by atoms with E-state index in [0.29, 0.717) is 6.07 Å². The van der Waals surface area contributed by atoms with Crippen molar-refractivity contribution in [3.8, 4) is 5.75 Å². The first-order valence-corrected chi connectivity index (χ1v) is 10.3. The van der Waals surface area contributed by atoms with Gasteiger partial charge in [0.25, 0.3) is 0 Å². The fraction of sp³-hybridized carbons (Fsp3) is 0.278. The number of sulfonamides is 1. The second-order valence-corrected chi connectivity index (χ2v) is 8.50. The Kier molecular flexibility index (Phi) is 6.69. The van der Waals surface area contributed by atoms with Gasteiger partial charge in [-0.05, 0) is 42.8 Å². The molecule has 0 aliphatic carbocycles. The molecule has 158 valence electrons. The molecular formula is C18H18ClF3N2O4S. The maximum absolute atomic E-state index is 13.0. The summed E-state index contributed by atoms with van der Waals surface area (Å²) in [6.45, 7) is 1.07. The Labute approximate surface area is 171 Å². The molecule has 0 atom stereocenters. The van der Waals surface area contributed by atoms with E-state index >= 15 is 0 Å². The van der Waals surface area contributed by atoms with Crippen molar-refractivity contribution in [2.24, 2.45) is 0 Å². The number of nitrogens with one attached hydrogen (secondary N) is 1. The van der Waals surface area contributed by atoms with Crippen molar-refractivity contribution in [1.29, 1.82) is 0 Å². The van der Waals surface area contributed by atoms with Crippen LogP contribution in [0.3, 0.4) is 0 Å². The topological polar surface area (TPSA) is 75.7 Å². The largest absolute Gasteiger partial charge is 0.495 e. The molecule has 0 saturated heterocycles. The van der Waals surface area contributed by atoms with Crippen molar-refractivity contribution in [1.82, 2.24) is 0 Å². The van der Waals surface area contributed by atoms with Gasteiger partial charge in [-0.1, -0.05) is 17.7 Å². The summed E-state index contributed by atoms with van der Waals surface area (Å²) in [6.07, 6.45) is -3.79. The van der Waals surface area contributed by atoms with Crippen LogP contribution < -0.4 is 14.4 Å². The normalized spacial score (nSPS) is 11.8. The van der Waals surface area contributed by atoms with E-state index in [2.05, 4.69) is 5.32 Å². The Hall–Kier alpha value is -2.46. The molecule has 0 heterocycles. The van der Waals surface area contributed by atoms with Crippen molar-refractivity contribution < 1.29 is 31.1 Å². The number of halogens is 4. The maximum Gasteiger partial charge on any atom is 0.417 e. The van der Waals surface area contributed by atoms with E-state index in [-0.39, 0.29) is 17.1 Å². The average molecular weight is 451 g/mol. The number of carbonyl (C=O) groups excluding carboxylic acids is 1. The van der Waals surface area contributed by atoms with Crippen LogP contribution in [0.2, 0.25) is 5.02 Å². The van der Waals surface area contributed by atoms with Gasteiger partial charge in [0, 0.05) is 5.69 Å². The van der Waals surface area contributed by atoms with Crippen LogP contribution in [0.25, 0.3) is 0 Å². The number of aryl methyl sites for hydroxylation is 1. The van der Waals surface area contributed by atoms with Gasteiger partial charge in [-0.3, -0.25) is 9.10 Å². The van der Waals surface area contributed by atoms with Crippen LogP contribution in [0.4, 0.5) is 24.5 Å². The number of ether oxygens (including phenoxy) is 1. The highest BCUT2D eigenvalue weighted by Gasteiger charge is 2.33. The highest BCUT2D eigenvalue weighted by atomic mass is 35.5. The first kappa shape index (κ1) is 22.8. The molecule has 29 heavy (non-hydrogen) atoms. The lowest BCUT2D eigenvalue weighted by Gasteiger charge is -2.24. The Morgan fingerprint density at radius 2 is 1.86 bits per heavy atom. The maximum atomic E-state index is 13.0. The lowest BCUT2D eigenvalue weighted by atomic mass is 10.2. The molecule has 6 nitrogen and oxygen atoms in total. The third-order valence-electron chi connectivity index (χ3n) is 3.85. The Balaban J connectivity index is 2.33. The van der Waals surface area contributed by atoms with Crippen molar-refractivity contribution in [3.63, 3.8) is 0 Å². The van der Waals surface area contributed by atoms with Gasteiger partial charge in [-0.2, -0.15) is 13.2 Å². The predicted octanol–water partition coefficient (Wildman–Crippen LogP) is 4.08. The zero-order chi connectivity index (χ0) is 22.0. The van der Waals surface area contributed by atoms with Gasteiger partial charge in [-0.25, -0.2) is 8.42 Å². The summed E-state index contributed by atoms with van der Waals surface area (Å²) in [5, 5.41) is 1.75. The van der Waals surface area contributed by atoms with E-state index < -0.39 is 39.2 Å². The number of rotatable bonds is 6. The number of amides is 1. The number of anilines is 2. The SMILES string of the molecule is COc1ccc(C)cc1N(CC(=O)Nc1ccc(Cl)c(C(F)(F)F)c1)S(C)(=O)=O. The summed E-state index contributed by atoms with van der Waals surface area (Å²) < 4.78 is 69.4. The molecule has 0 fully saturated rings. The molecule has 0 aromatic heterocycles. The number of alkyl halides is 3. The molecule has 11 heteroatoms. The van der Waals surface area contributed by atoms with Gasteiger partial charge in [-0.15, -0.1) is 0 Å². The van der Waals surface area contributed by atoms with Gasteiger partial charge in [0.1, 0.15) is 12.3 Å². The van der Waals surface area contributed by atoms with Gasteiger partial charge < -0.3 is 10.1 Å². The molecule has 2 aromatic carbocycles. The molecule has 1 amide bonds. The fourth-order valence-corrected chi connectivity index (χ4v) is 3.60. The van der Waals surface area contributed by atoms with Gasteiger partial charge in [0.15, 0.2) is 0 Å². The van der Waals surface area contributed by atoms with E-state index in [1.807, 2.05) is 0 Å². The third kappa shape index (κ3) is 5.77. The highest BCUT2D eigenvalue weighted by Crippen LogP contribution is 2.36. The third-order valence-corrected chi connectivity index (χ3v) is 5.30. The standard InChI is InChI=1S/C18H18ClF3N2O4S/c1-11-4-7-16(28-2)15(8-11)24(29(3,26)27)10-17(25)23-12-5-6-14(19)13(9-12)18(20,21)22/h4-9H,10H2,1-3H3,(H,23,25). The Bertz CT molecular complexity index is 1030. The molecule has 0 saturated carbocycles. The van der Waals surface area contributed by atoms with Crippen LogP contribution in [-0.4, -0.2) is 34.2 Å². The summed E-state index contributed by atoms with van der Waals surface area (Å²) in [4.78, 5) is 12.4. The molecule has 2 aromatic rings. The van der Waals surface area contributed by atoms with E-state index in [4.69, 9.17) is 16.3 Å². The van der Waals surface area contributed by atoms with Crippen LogP contribution in [0.5, 0.6) is 5.75 Å². The molecule has 0 aliphatic heterocycles. The van der Waals surface area contributed by atoms with Crippen LogP contribution >= 0.6 is 11.6 Å². The summed E-state index contributed by atoms with van der Waals surface area (Å²) in [5.74, 6) is -0.617. The molecule has 2 rings (SSSR count). The monoisotopic (exact) mass is 450 g/mol. The van der Waals surface area contributed by atoms with Crippen molar-refractivity contribution in [2.45, 2.75) is 13.1 Å². The number of nitrogens with zero attached hydrogens (tertiary/aromatic N) is 1. The minimum absolute atomic E-state index is 0.136. The van der Waals surface area contributed by atoms with Crippen LogP contribution in [0.15, 0.2) is 36.4 Å². The van der Waals surface area contributed by atoms with Gasteiger partial charge in [0.05, 0.1) is 29.6 Å². The summed E-state index contributed by atoms with van der Waals surface area (Å²) >= 11 is 5.56. The second kappa shape index (κ2) is 8.50. The molecule has 0 unspecified atom stereocenters. The zero-order valence-electron chi connectivity index (χ0n) is 15.7. The lowest BCUT2D eigenvalue weighted by Crippen LogP contribution is -2.37. The van der Waals surface area contributed by atoms with Crippen molar-refractivity contribution >= 4 is 38.9 Å². The van der Waals surface area contributed by atoms with E-state index in [9.17, 15) is 26.4 Å². The number of methoxy groups -OCH3 is 1. The number of hydrogen-bond acceptors (Lipinski definition) is 4. The summed E-state index contributed by atoms with van der Waals surface area (Å²) in [6, 6.07) is 7.64. The average Bonchev–Trinajstić information content (AvgIpc) is 2.59. The lowest BCUT2D eigenvalue weighted by molar-refractivity contribution is -0.137. The summed E-state index contributed by atoms with van der Waals surface area (Å²) in [5.41, 5.74) is -0.423. The minimum atomic E-state index is -4.70. The second-order valence-electron chi connectivity index (χ2n) is 6.19. The summed E-state index contributed by atoms with van der Waals surface area (Å²) in [7, 11) is -2.55. The van der Waals surface area contributed by atoms with Crippen molar-refractivity contribution in [2.75, 3.05) is 29.5 Å². The molecule has 1 N–H and O–H groups in total. The smallest absolute Gasteiger partial charge is 0.417 e. The first-order valence-electron chi connectivity index (χ1n) is 8.12. The molecule has 0 spiro atoms. The van der Waals surface area contributed by atoms with Crippen LogP contribution in [0.1, 0.15) is 11.1 Å². The van der Waals surface area contributed by atoms with E-state index in [1.165, 1.54) is 19.2 Å². The number of carbonyl (C=O) groups is 1. The molecule has 0 bridgehead atoms. The molecule has 0 aliphatic rings. The van der Waals surface area contributed by atoms with Crippen LogP contribution in [0, 0.1) is 6.92 Å². The fourth-order valence-electron chi connectivity index (χ4n) is 2.53. The number of benzene rings is 2. The quantitative estimate of drug-likeness (QED) is 0.719. The van der Waals surface area contributed by atoms with E-state index in [1.54, 1.807) is 19.1 Å². The van der Waals surface area contributed by atoms with Crippen LogP contribution in [-0.2, 0) is 21.0 Å².